The molecule has 0 spiro atoms. The Hall–Kier alpha value is -2.30. The van der Waals surface area contributed by atoms with E-state index in [4.69, 9.17) is 5.14 Å². The number of sulfonamides is 1. The summed E-state index contributed by atoms with van der Waals surface area (Å²) in [6.45, 7) is 0. The number of benzene rings is 2. The number of rotatable bonds is 3. The number of nitrogens with two attached hydrogens (primary N) is 1. The van der Waals surface area contributed by atoms with Crippen LogP contribution >= 0.6 is 11.3 Å². The van der Waals surface area contributed by atoms with E-state index in [-0.39, 0.29) is 21.0 Å². The Bertz CT molecular complexity index is 1040. The molecule has 2 N–H and O–H groups in total. The first-order valence-corrected chi connectivity index (χ1v) is 9.39. The number of alkyl halides is 3. The van der Waals surface area contributed by atoms with E-state index in [1.165, 1.54) is 36.4 Å². The predicted octanol–water partition coefficient (Wildman–Crippen LogP) is 4.28. The number of primary sulfonamides is 1. The minimum absolute atomic E-state index is 0.0231. The van der Waals surface area contributed by atoms with Crippen molar-refractivity contribution in [2.24, 2.45) is 5.14 Å². The zero-order valence-corrected chi connectivity index (χ0v) is 14.4. The van der Waals surface area contributed by atoms with Gasteiger partial charge in [-0.15, -0.1) is 11.3 Å². The molecule has 10 heteroatoms. The maximum Gasteiger partial charge on any atom is 0.443 e. The second-order valence-corrected chi connectivity index (χ2v) is 7.83. The molecule has 0 fully saturated rings. The van der Waals surface area contributed by atoms with Gasteiger partial charge in [0.2, 0.25) is 10.0 Å². The van der Waals surface area contributed by atoms with Crippen molar-refractivity contribution in [3.63, 3.8) is 0 Å². The molecule has 26 heavy (non-hydrogen) atoms. The summed E-state index contributed by atoms with van der Waals surface area (Å²) in [5, 5.41) is 3.96. The molecule has 0 aliphatic heterocycles. The Morgan fingerprint density at radius 1 is 0.923 bits per heavy atom. The first kappa shape index (κ1) is 18.5. The van der Waals surface area contributed by atoms with Gasteiger partial charge in [0.15, 0.2) is 5.01 Å². The van der Waals surface area contributed by atoms with Crippen LogP contribution in [0.2, 0.25) is 0 Å². The fourth-order valence-corrected chi connectivity index (χ4v) is 3.71. The van der Waals surface area contributed by atoms with Crippen molar-refractivity contribution in [1.82, 2.24) is 4.98 Å². The molecule has 0 saturated carbocycles. The fraction of sp³-hybridized carbons (Fsp3) is 0.0625. The maximum atomic E-state index is 13.1. The number of halogens is 4. The van der Waals surface area contributed by atoms with Crippen LogP contribution in [0.5, 0.6) is 0 Å². The molecule has 136 valence electrons. The fourth-order valence-electron chi connectivity index (χ4n) is 2.24. The lowest BCUT2D eigenvalue weighted by Gasteiger charge is -2.04. The first-order chi connectivity index (χ1) is 12.1. The van der Waals surface area contributed by atoms with E-state index >= 15 is 0 Å². The highest BCUT2D eigenvalue weighted by molar-refractivity contribution is 7.89. The van der Waals surface area contributed by atoms with Crippen molar-refractivity contribution >= 4 is 21.4 Å². The molecule has 0 aliphatic carbocycles. The highest BCUT2D eigenvalue weighted by atomic mass is 32.2. The molecule has 0 bridgehead atoms. The van der Waals surface area contributed by atoms with Gasteiger partial charge in [-0.25, -0.2) is 22.9 Å². The number of hydrogen-bond donors (Lipinski definition) is 1. The van der Waals surface area contributed by atoms with Crippen LogP contribution in [0.4, 0.5) is 17.6 Å². The molecule has 0 atom stereocenters. The standard InChI is InChI=1S/C16H10F4N2O2S2/c17-11-5-1-10(2-6-11)14-13(22-15(25-14)16(18,19)20)9-3-7-12(8-4-9)26(21,23)24/h1-8H,(H2,21,23,24). The van der Waals surface area contributed by atoms with Gasteiger partial charge in [0.1, 0.15) is 5.82 Å². The normalized spacial score (nSPS) is 12.3. The molecule has 0 aliphatic rings. The van der Waals surface area contributed by atoms with Crippen LogP contribution in [0.3, 0.4) is 0 Å². The van der Waals surface area contributed by atoms with E-state index in [1.54, 1.807) is 0 Å². The average Bonchev–Trinajstić information content (AvgIpc) is 3.00. The molecule has 0 radical (unpaired) electrons. The molecule has 1 aromatic heterocycles. The molecular formula is C16H10F4N2O2S2. The Kier molecular flexibility index (Phi) is 4.59. The average molecular weight is 402 g/mol. The molecule has 2 aromatic carbocycles. The summed E-state index contributed by atoms with van der Waals surface area (Å²) in [5.41, 5.74) is 0.670. The Morgan fingerprint density at radius 2 is 1.46 bits per heavy atom. The molecule has 0 saturated heterocycles. The van der Waals surface area contributed by atoms with Crippen molar-refractivity contribution in [1.29, 1.82) is 0 Å². The third-order valence-electron chi connectivity index (χ3n) is 3.43. The lowest BCUT2D eigenvalue weighted by atomic mass is 10.1. The highest BCUT2D eigenvalue weighted by Crippen LogP contribution is 2.42. The third kappa shape index (κ3) is 3.76. The van der Waals surface area contributed by atoms with E-state index in [9.17, 15) is 26.0 Å². The van der Waals surface area contributed by atoms with Crippen LogP contribution in [0.1, 0.15) is 5.01 Å². The molecule has 0 unspecified atom stereocenters. The zero-order chi connectivity index (χ0) is 19.1. The summed E-state index contributed by atoms with van der Waals surface area (Å²) in [5.74, 6) is -0.520. The van der Waals surface area contributed by atoms with Gasteiger partial charge in [0.05, 0.1) is 15.5 Å². The van der Waals surface area contributed by atoms with E-state index < -0.39 is 27.0 Å². The molecule has 1 heterocycles. The van der Waals surface area contributed by atoms with Crippen LogP contribution in [0, 0.1) is 5.82 Å². The Labute approximate surface area is 150 Å². The van der Waals surface area contributed by atoms with Crippen molar-refractivity contribution < 1.29 is 26.0 Å². The quantitative estimate of drug-likeness (QED) is 0.665. The van der Waals surface area contributed by atoms with Crippen LogP contribution in [0.15, 0.2) is 53.4 Å². The molecule has 0 amide bonds. The summed E-state index contributed by atoms with van der Waals surface area (Å²) >= 11 is 0.428. The lowest BCUT2D eigenvalue weighted by molar-refractivity contribution is -0.137. The van der Waals surface area contributed by atoms with Gasteiger partial charge in [-0.2, -0.15) is 13.2 Å². The largest absolute Gasteiger partial charge is 0.443 e. The smallest absolute Gasteiger partial charge is 0.231 e. The number of nitrogens with zero attached hydrogens (tertiary/aromatic N) is 1. The van der Waals surface area contributed by atoms with Crippen molar-refractivity contribution in [2.45, 2.75) is 11.1 Å². The maximum absolute atomic E-state index is 13.1. The van der Waals surface area contributed by atoms with Crippen LogP contribution in [-0.2, 0) is 16.2 Å². The monoisotopic (exact) mass is 402 g/mol. The first-order valence-electron chi connectivity index (χ1n) is 7.03. The van der Waals surface area contributed by atoms with E-state index in [0.29, 0.717) is 16.9 Å². The second kappa shape index (κ2) is 6.45. The summed E-state index contributed by atoms with van der Waals surface area (Å²) < 4.78 is 75.0. The summed E-state index contributed by atoms with van der Waals surface area (Å²) in [6, 6.07) is 9.99. The topological polar surface area (TPSA) is 73.1 Å². The predicted molar refractivity (Wildman–Crippen MR) is 89.3 cm³/mol. The number of thiazole rings is 1. The van der Waals surface area contributed by atoms with Crippen molar-refractivity contribution in [3.05, 3.63) is 59.4 Å². The van der Waals surface area contributed by atoms with Crippen molar-refractivity contribution in [3.8, 4) is 21.7 Å². The van der Waals surface area contributed by atoms with Gasteiger partial charge in [-0.1, -0.05) is 24.3 Å². The van der Waals surface area contributed by atoms with Gasteiger partial charge in [-0.3, -0.25) is 0 Å². The number of aromatic nitrogens is 1. The minimum atomic E-state index is -4.64. The highest BCUT2D eigenvalue weighted by Gasteiger charge is 2.36. The molecule has 4 nitrogen and oxygen atoms in total. The molecule has 3 aromatic rings. The van der Waals surface area contributed by atoms with Crippen LogP contribution < -0.4 is 5.14 Å². The van der Waals surface area contributed by atoms with Gasteiger partial charge >= 0.3 is 6.18 Å². The third-order valence-corrected chi connectivity index (χ3v) is 5.51. The second-order valence-electron chi connectivity index (χ2n) is 5.27. The SMILES string of the molecule is NS(=O)(=O)c1ccc(-c2nc(C(F)(F)F)sc2-c2ccc(F)cc2)cc1. The zero-order valence-electron chi connectivity index (χ0n) is 12.8. The van der Waals surface area contributed by atoms with E-state index in [0.717, 1.165) is 12.1 Å². The van der Waals surface area contributed by atoms with Crippen LogP contribution in [0.25, 0.3) is 21.7 Å². The van der Waals surface area contributed by atoms with Gasteiger partial charge in [0.25, 0.3) is 0 Å². The van der Waals surface area contributed by atoms with Gasteiger partial charge in [0, 0.05) is 5.56 Å². The Balaban J connectivity index is 2.16. The summed E-state index contributed by atoms with van der Waals surface area (Å²) in [6.07, 6.45) is -4.64. The summed E-state index contributed by atoms with van der Waals surface area (Å²) in [7, 11) is -3.93. The minimum Gasteiger partial charge on any atom is -0.231 e. The van der Waals surface area contributed by atoms with Crippen LogP contribution in [-0.4, -0.2) is 13.4 Å². The van der Waals surface area contributed by atoms with Gasteiger partial charge < -0.3 is 0 Å². The van der Waals surface area contributed by atoms with E-state index in [1.807, 2.05) is 0 Å². The molecular weight excluding hydrogens is 392 g/mol. The Morgan fingerprint density at radius 3 is 1.96 bits per heavy atom. The molecule has 3 rings (SSSR count). The van der Waals surface area contributed by atoms with Crippen molar-refractivity contribution in [2.75, 3.05) is 0 Å². The lowest BCUT2D eigenvalue weighted by Crippen LogP contribution is -2.11. The van der Waals surface area contributed by atoms with E-state index in [2.05, 4.69) is 4.98 Å². The van der Waals surface area contributed by atoms with Gasteiger partial charge in [-0.05, 0) is 29.8 Å². The number of hydrogen-bond acceptors (Lipinski definition) is 4. The summed E-state index contributed by atoms with van der Waals surface area (Å²) in [4.78, 5) is 3.69.